The van der Waals surface area contributed by atoms with E-state index in [0.29, 0.717) is 0 Å². The summed E-state index contributed by atoms with van der Waals surface area (Å²) in [5.74, 6) is -1.51. The van der Waals surface area contributed by atoms with Crippen molar-refractivity contribution < 1.29 is 17.9 Å². The van der Waals surface area contributed by atoms with E-state index in [1.165, 1.54) is 13.0 Å². The van der Waals surface area contributed by atoms with Crippen LogP contribution >= 0.6 is 0 Å². The predicted octanol–water partition coefficient (Wildman–Crippen LogP) is -0.514. The van der Waals surface area contributed by atoms with E-state index in [1.807, 2.05) is 0 Å². The molecule has 0 aliphatic heterocycles. The van der Waals surface area contributed by atoms with Crippen molar-refractivity contribution in [3.05, 3.63) is 0 Å². The summed E-state index contributed by atoms with van der Waals surface area (Å²) < 4.78 is 26.2. The van der Waals surface area contributed by atoms with Gasteiger partial charge in [-0.1, -0.05) is 0 Å². The van der Waals surface area contributed by atoms with Crippen LogP contribution in [0.3, 0.4) is 0 Å². The highest BCUT2D eigenvalue weighted by atomic mass is 32.2. The Bertz CT molecular complexity index is 300. The fourth-order valence-electron chi connectivity index (χ4n) is 0.528. The lowest BCUT2D eigenvalue weighted by Crippen LogP contribution is -2.29. The van der Waals surface area contributed by atoms with E-state index in [9.17, 15) is 13.2 Å². The fraction of sp³-hybridized carbons (Fsp3) is 0.667. The molecule has 0 N–H and O–H groups in total. The maximum absolute atomic E-state index is 11.0. The average molecular weight is 191 g/mol. The molecule has 0 spiro atoms. The Balaban J connectivity index is 4.60. The largest absolute Gasteiger partial charge is 0.468 e. The molecule has 0 aromatic rings. The molecule has 0 saturated carbocycles. The summed E-state index contributed by atoms with van der Waals surface area (Å²) in [6, 6.07) is 1.47. The van der Waals surface area contributed by atoms with E-state index in [0.717, 1.165) is 7.11 Å². The third-order valence-corrected chi connectivity index (χ3v) is 3.14. The number of hydrogen-bond acceptors (Lipinski definition) is 5. The van der Waals surface area contributed by atoms with Gasteiger partial charge >= 0.3 is 5.97 Å². The maximum Gasteiger partial charge on any atom is 0.323 e. The molecule has 0 heterocycles. The number of carbonyl (C=O) groups excluding carboxylic acids is 1. The average Bonchev–Trinajstić information content (AvgIpc) is 2.01. The van der Waals surface area contributed by atoms with Gasteiger partial charge < -0.3 is 4.74 Å². The van der Waals surface area contributed by atoms with Crippen molar-refractivity contribution in [3.63, 3.8) is 0 Å². The van der Waals surface area contributed by atoms with Crippen molar-refractivity contribution in [3.8, 4) is 6.07 Å². The molecule has 0 radical (unpaired) electrons. The predicted molar refractivity (Wildman–Crippen MR) is 40.9 cm³/mol. The molecule has 0 fully saturated rings. The van der Waals surface area contributed by atoms with Gasteiger partial charge in [0.1, 0.15) is 5.75 Å². The summed E-state index contributed by atoms with van der Waals surface area (Å²) in [7, 11) is -2.56. The third-order valence-electron chi connectivity index (χ3n) is 1.34. The summed E-state index contributed by atoms with van der Waals surface area (Å²) in [5.41, 5.74) is 0. The smallest absolute Gasteiger partial charge is 0.323 e. The van der Waals surface area contributed by atoms with Gasteiger partial charge in [0.2, 0.25) is 0 Å². The highest BCUT2D eigenvalue weighted by Crippen LogP contribution is 2.02. The molecule has 0 aliphatic carbocycles. The fourth-order valence-corrected chi connectivity index (χ4v) is 1.35. The number of hydrogen-bond donors (Lipinski definition) is 0. The Morgan fingerprint density at radius 3 is 2.50 bits per heavy atom. The third kappa shape index (κ3) is 2.51. The van der Waals surface area contributed by atoms with Gasteiger partial charge in [-0.05, 0) is 6.92 Å². The van der Waals surface area contributed by atoms with Crippen LogP contribution in [-0.2, 0) is 19.4 Å². The summed E-state index contributed by atoms with van der Waals surface area (Å²) in [4.78, 5) is 10.7. The Morgan fingerprint density at radius 1 is 1.67 bits per heavy atom. The van der Waals surface area contributed by atoms with Crippen molar-refractivity contribution in [2.45, 2.75) is 12.2 Å². The molecule has 0 saturated heterocycles. The molecule has 0 aromatic carbocycles. The lowest BCUT2D eigenvalue weighted by atomic mass is 10.5. The number of methoxy groups -OCH3 is 1. The van der Waals surface area contributed by atoms with Gasteiger partial charge in [0.25, 0.3) is 0 Å². The van der Waals surface area contributed by atoms with Gasteiger partial charge in [-0.3, -0.25) is 4.79 Å². The first-order chi connectivity index (χ1) is 5.45. The highest BCUT2D eigenvalue weighted by Gasteiger charge is 2.28. The van der Waals surface area contributed by atoms with Crippen LogP contribution in [0.15, 0.2) is 0 Å². The molecule has 0 rings (SSSR count). The van der Waals surface area contributed by atoms with Crippen LogP contribution in [0.5, 0.6) is 0 Å². The quantitative estimate of drug-likeness (QED) is 0.561. The van der Waals surface area contributed by atoms with Crippen molar-refractivity contribution in [1.29, 1.82) is 5.26 Å². The number of nitrogens with zero attached hydrogens (tertiary/aromatic N) is 1. The first-order valence-corrected chi connectivity index (χ1v) is 4.83. The summed E-state index contributed by atoms with van der Waals surface area (Å²) in [5, 5.41) is 6.86. The Labute approximate surface area is 70.9 Å². The molecule has 6 heteroatoms. The van der Waals surface area contributed by atoms with Crippen LogP contribution in [0.2, 0.25) is 0 Å². The number of nitriles is 1. The van der Waals surface area contributed by atoms with Crippen LogP contribution in [0, 0.1) is 11.3 Å². The zero-order valence-corrected chi connectivity index (χ0v) is 7.59. The van der Waals surface area contributed by atoms with E-state index in [4.69, 9.17) is 5.26 Å². The van der Waals surface area contributed by atoms with Gasteiger partial charge in [-0.15, -0.1) is 0 Å². The molecular formula is C6H9NO4S. The molecule has 68 valence electrons. The molecule has 0 amide bonds. The minimum atomic E-state index is -3.66. The number of esters is 1. The second kappa shape index (κ2) is 4.07. The van der Waals surface area contributed by atoms with Gasteiger partial charge in [-0.2, -0.15) is 5.26 Å². The normalized spacial score (nSPS) is 13.1. The van der Waals surface area contributed by atoms with Crippen molar-refractivity contribution in [2.75, 3.05) is 12.9 Å². The van der Waals surface area contributed by atoms with E-state index in [-0.39, 0.29) is 0 Å². The van der Waals surface area contributed by atoms with Crippen LogP contribution in [0.25, 0.3) is 0 Å². The van der Waals surface area contributed by atoms with Crippen LogP contribution in [-0.4, -0.2) is 32.5 Å². The van der Waals surface area contributed by atoms with E-state index >= 15 is 0 Å². The second-order valence-electron chi connectivity index (χ2n) is 2.13. The number of carbonyl (C=O) groups is 1. The minimum Gasteiger partial charge on any atom is -0.468 e. The van der Waals surface area contributed by atoms with Crippen molar-refractivity contribution in [2.24, 2.45) is 0 Å². The van der Waals surface area contributed by atoms with Crippen LogP contribution in [0.4, 0.5) is 0 Å². The van der Waals surface area contributed by atoms with Crippen LogP contribution < -0.4 is 0 Å². The van der Waals surface area contributed by atoms with Gasteiger partial charge in [-0.25, -0.2) is 8.42 Å². The maximum atomic E-state index is 11.0. The molecule has 5 nitrogen and oxygen atoms in total. The topological polar surface area (TPSA) is 84.2 Å². The van der Waals surface area contributed by atoms with Gasteiger partial charge in [0, 0.05) is 0 Å². The van der Waals surface area contributed by atoms with Gasteiger partial charge in [0.15, 0.2) is 15.1 Å². The lowest BCUT2D eigenvalue weighted by molar-refractivity contribution is -0.139. The lowest BCUT2D eigenvalue weighted by Gasteiger charge is -2.06. The minimum absolute atomic E-state index is 0.663. The molecule has 1 atom stereocenters. The molecule has 0 aromatic heterocycles. The zero-order valence-electron chi connectivity index (χ0n) is 6.77. The van der Waals surface area contributed by atoms with E-state index in [1.54, 1.807) is 0 Å². The summed E-state index contributed by atoms with van der Waals surface area (Å²) in [6.45, 7) is 1.19. The Morgan fingerprint density at radius 2 is 2.17 bits per heavy atom. The van der Waals surface area contributed by atoms with Crippen LogP contribution in [0.1, 0.15) is 6.92 Å². The molecule has 0 bridgehead atoms. The Hall–Kier alpha value is -1.09. The van der Waals surface area contributed by atoms with Gasteiger partial charge in [0.05, 0.1) is 13.2 Å². The van der Waals surface area contributed by atoms with E-state index in [2.05, 4.69) is 4.74 Å². The first kappa shape index (κ1) is 10.9. The standard InChI is InChI=1S/C6H9NO4S/c1-5(6(8)11-2)12(9,10)4-3-7/h5H,4H2,1-2H3. The zero-order chi connectivity index (χ0) is 9.78. The summed E-state index contributed by atoms with van der Waals surface area (Å²) in [6.07, 6.45) is 0. The SMILES string of the molecule is COC(=O)C(C)S(=O)(=O)CC#N. The first-order valence-electron chi connectivity index (χ1n) is 3.12. The summed E-state index contributed by atoms with van der Waals surface area (Å²) >= 11 is 0. The van der Waals surface area contributed by atoms with E-state index < -0.39 is 26.8 Å². The number of rotatable bonds is 3. The monoisotopic (exact) mass is 191 g/mol. The molecular weight excluding hydrogens is 182 g/mol. The number of ether oxygens (including phenoxy) is 1. The highest BCUT2D eigenvalue weighted by molar-refractivity contribution is 7.92. The molecule has 12 heavy (non-hydrogen) atoms. The Kier molecular flexibility index (Phi) is 3.70. The number of sulfone groups is 1. The van der Waals surface area contributed by atoms with Crippen molar-refractivity contribution in [1.82, 2.24) is 0 Å². The molecule has 0 aliphatic rings. The van der Waals surface area contributed by atoms with Crippen molar-refractivity contribution >= 4 is 15.8 Å². The molecule has 1 unspecified atom stereocenters. The second-order valence-corrected chi connectivity index (χ2v) is 4.45.